The van der Waals surface area contributed by atoms with Gasteiger partial charge in [0.2, 0.25) is 5.91 Å². The Hall–Kier alpha value is -0.570. The number of amides is 1. The maximum atomic E-state index is 11.8. The second-order valence-electron chi connectivity index (χ2n) is 4.49. The monoisotopic (exact) mass is 228 g/mol. The molecule has 3 heteroatoms. The van der Waals surface area contributed by atoms with E-state index in [1.54, 1.807) is 0 Å². The van der Waals surface area contributed by atoms with Crippen molar-refractivity contribution in [3.05, 3.63) is 0 Å². The average molecular weight is 228 g/mol. The minimum absolute atomic E-state index is 0.181. The summed E-state index contributed by atoms with van der Waals surface area (Å²) in [7, 11) is 0. The predicted molar refractivity (Wildman–Crippen MR) is 69.2 cm³/mol. The van der Waals surface area contributed by atoms with Crippen molar-refractivity contribution >= 4 is 5.91 Å². The van der Waals surface area contributed by atoms with Crippen LogP contribution in [-0.2, 0) is 4.79 Å². The van der Waals surface area contributed by atoms with Crippen molar-refractivity contribution in [1.29, 1.82) is 0 Å². The molecule has 3 nitrogen and oxygen atoms in total. The number of carbonyl (C=O) groups is 1. The minimum atomic E-state index is 0.181. The van der Waals surface area contributed by atoms with E-state index in [2.05, 4.69) is 26.1 Å². The fraction of sp³-hybridized carbons (Fsp3) is 0.923. The third-order valence-electron chi connectivity index (χ3n) is 3.19. The topological polar surface area (TPSA) is 55.1 Å². The summed E-state index contributed by atoms with van der Waals surface area (Å²) in [6.07, 6.45) is 5.18. The highest BCUT2D eigenvalue weighted by Gasteiger charge is 2.15. The maximum absolute atomic E-state index is 11.8. The summed E-state index contributed by atoms with van der Waals surface area (Å²) in [6.45, 7) is 7.81. The van der Waals surface area contributed by atoms with E-state index in [9.17, 15) is 4.79 Å². The molecule has 0 spiro atoms. The Bertz CT molecular complexity index is 173. The number of hydrogen-bond acceptors (Lipinski definition) is 2. The summed E-state index contributed by atoms with van der Waals surface area (Å²) < 4.78 is 0. The molecule has 0 saturated heterocycles. The van der Waals surface area contributed by atoms with Gasteiger partial charge in [0, 0.05) is 12.5 Å². The van der Waals surface area contributed by atoms with Crippen LogP contribution in [0.3, 0.4) is 0 Å². The van der Waals surface area contributed by atoms with E-state index in [0.29, 0.717) is 12.5 Å². The van der Waals surface area contributed by atoms with Crippen molar-refractivity contribution in [3.63, 3.8) is 0 Å². The molecule has 0 aromatic heterocycles. The summed E-state index contributed by atoms with van der Waals surface area (Å²) in [5, 5.41) is 3.06. The molecule has 0 saturated carbocycles. The van der Waals surface area contributed by atoms with Crippen LogP contribution >= 0.6 is 0 Å². The molecule has 96 valence electrons. The van der Waals surface area contributed by atoms with Crippen molar-refractivity contribution in [3.8, 4) is 0 Å². The van der Waals surface area contributed by atoms with Gasteiger partial charge >= 0.3 is 0 Å². The van der Waals surface area contributed by atoms with Gasteiger partial charge in [-0.15, -0.1) is 0 Å². The summed E-state index contributed by atoms with van der Waals surface area (Å²) in [5.74, 6) is 0.941. The summed E-state index contributed by atoms with van der Waals surface area (Å²) in [5.41, 5.74) is 5.57. The van der Waals surface area contributed by atoms with Crippen LogP contribution in [0.5, 0.6) is 0 Å². The molecule has 1 unspecified atom stereocenters. The molecule has 0 fully saturated rings. The zero-order valence-electron chi connectivity index (χ0n) is 11.1. The third-order valence-corrected chi connectivity index (χ3v) is 3.19. The quantitative estimate of drug-likeness (QED) is 0.636. The maximum Gasteiger partial charge on any atom is 0.223 e. The molecule has 0 aliphatic heterocycles. The second kappa shape index (κ2) is 9.64. The Balaban J connectivity index is 3.93. The molecular weight excluding hydrogens is 200 g/mol. The molecule has 0 aromatic carbocycles. The fourth-order valence-corrected chi connectivity index (χ4v) is 2.04. The highest BCUT2D eigenvalue weighted by Crippen LogP contribution is 2.11. The van der Waals surface area contributed by atoms with E-state index in [-0.39, 0.29) is 11.8 Å². The smallest absolute Gasteiger partial charge is 0.223 e. The number of nitrogens with two attached hydrogens (primary N) is 1. The van der Waals surface area contributed by atoms with Crippen LogP contribution in [-0.4, -0.2) is 19.0 Å². The lowest BCUT2D eigenvalue weighted by Crippen LogP contribution is -2.34. The SMILES string of the molecule is CCCC(CCN)CNC(=O)C(CC)CC. The first-order valence-corrected chi connectivity index (χ1v) is 6.67. The fourth-order valence-electron chi connectivity index (χ4n) is 2.04. The van der Waals surface area contributed by atoms with Crippen LogP contribution in [0.15, 0.2) is 0 Å². The first kappa shape index (κ1) is 15.4. The van der Waals surface area contributed by atoms with Crippen molar-refractivity contribution in [2.24, 2.45) is 17.6 Å². The van der Waals surface area contributed by atoms with Crippen molar-refractivity contribution in [2.75, 3.05) is 13.1 Å². The van der Waals surface area contributed by atoms with E-state index in [1.807, 2.05) is 0 Å². The standard InChI is InChI=1S/C13H28N2O/c1-4-7-11(8-9-14)10-15-13(16)12(5-2)6-3/h11-12H,4-10,14H2,1-3H3,(H,15,16). The minimum Gasteiger partial charge on any atom is -0.356 e. The molecule has 3 N–H and O–H groups in total. The molecule has 1 amide bonds. The molecule has 0 aromatic rings. The van der Waals surface area contributed by atoms with Gasteiger partial charge in [0.15, 0.2) is 0 Å². The van der Waals surface area contributed by atoms with Gasteiger partial charge < -0.3 is 11.1 Å². The largest absolute Gasteiger partial charge is 0.356 e. The molecule has 0 heterocycles. The average Bonchev–Trinajstić information content (AvgIpc) is 2.28. The molecule has 0 rings (SSSR count). The highest BCUT2D eigenvalue weighted by atomic mass is 16.1. The molecule has 16 heavy (non-hydrogen) atoms. The first-order chi connectivity index (χ1) is 7.69. The van der Waals surface area contributed by atoms with E-state index >= 15 is 0 Å². The normalized spacial score (nSPS) is 12.8. The van der Waals surface area contributed by atoms with E-state index in [1.165, 1.54) is 0 Å². The molecule has 0 bridgehead atoms. The molecular formula is C13H28N2O. The number of carbonyl (C=O) groups excluding carboxylic acids is 1. The van der Waals surface area contributed by atoms with Crippen molar-refractivity contribution < 1.29 is 4.79 Å². The van der Waals surface area contributed by atoms with Crippen molar-refractivity contribution in [2.45, 2.75) is 52.9 Å². The Morgan fingerprint density at radius 2 is 1.81 bits per heavy atom. The van der Waals surface area contributed by atoms with Gasteiger partial charge in [0.25, 0.3) is 0 Å². The zero-order chi connectivity index (χ0) is 12.4. The zero-order valence-corrected chi connectivity index (χ0v) is 11.1. The summed E-state index contributed by atoms with van der Waals surface area (Å²) >= 11 is 0. The van der Waals surface area contributed by atoms with Gasteiger partial charge in [-0.3, -0.25) is 4.79 Å². The Kier molecular flexibility index (Phi) is 9.30. The number of nitrogens with one attached hydrogen (secondary N) is 1. The first-order valence-electron chi connectivity index (χ1n) is 6.67. The highest BCUT2D eigenvalue weighted by molar-refractivity contribution is 5.78. The second-order valence-corrected chi connectivity index (χ2v) is 4.49. The van der Waals surface area contributed by atoms with Crippen LogP contribution in [0.25, 0.3) is 0 Å². The molecule has 0 radical (unpaired) electrons. The van der Waals surface area contributed by atoms with Gasteiger partial charge in [-0.05, 0) is 38.1 Å². The van der Waals surface area contributed by atoms with Crippen LogP contribution in [0, 0.1) is 11.8 Å². The molecule has 1 atom stereocenters. The lowest BCUT2D eigenvalue weighted by atomic mass is 9.98. The summed E-state index contributed by atoms with van der Waals surface area (Å²) in [4.78, 5) is 11.8. The van der Waals surface area contributed by atoms with Gasteiger partial charge in [-0.2, -0.15) is 0 Å². The Labute approximate surface area is 100 Å². The third kappa shape index (κ3) is 6.11. The Morgan fingerprint density at radius 1 is 1.19 bits per heavy atom. The van der Waals surface area contributed by atoms with Gasteiger partial charge in [-0.1, -0.05) is 27.2 Å². The number of hydrogen-bond donors (Lipinski definition) is 2. The summed E-state index contributed by atoms with van der Waals surface area (Å²) in [6, 6.07) is 0. The lowest BCUT2D eigenvalue weighted by molar-refractivity contribution is -0.125. The van der Waals surface area contributed by atoms with E-state index in [0.717, 1.165) is 38.6 Å². The van der Waals surface area contributed by atoms with Crippen LogP contribution < -0.4 is 11.1 Å². The Morgan fingerprint density at radius 3 is 2.25 bits per heavy atom. The predicted octanol–water partition coefficient (Wildman–Crippen LogP) is 2.30. The van der Waals surface area contributed by atoms with Gasteiger partial charge in [0.05, 0.1) is 0 Å². The van der Waals surface area contributed by atoms with Crippen LogP contribution in [0.4, 0.5) is 0 Å². The number of rotatable bonds is 9. The van der Waals surface area contributed by atoms with E-state index in [4.69, 9.17) is 5.73 Å². The van der Waals surface area contributed by atoms with Crippen molar-refractivity contribution in [1.82, 2.24) is 5.32 Å². The molecule has 0 aliphatic carbocycles. The lowest BCUT2D eigenvalue weighted by Gasteiger charge is -2.18. The van der Waals surface area contributed by atoms with Crippen LogP contribution in [0.1, 0.15) is 52.9 Å². The van der Waals surface area contributed by atoms with Gasteiger partial charge in [-0.25, -0.2) is 0 Å². The van der Waals surface area contributed by atoms with Crippen LogP contribution in [0.2, 0.25) is 0 Å². The molecule has 0 aliphatic rings. The van der Waals surface area contributed by atoms with E-state index < -0.39 is 0 Å². The van der Waals surface area contributed by atoms with Gasteiger partial charge in [0.1, 0.15) is 0 Å².